The minimum atomic E-state index is -0.205. The maximum absolute atomic E-state index is 11.3. The van der Waals surface area contributed by atoms with Crippen LogP contribution in [0.25, 0.3) is 0 Å². The summed E-state index contributed by atoms with van der Waals surface area (Å²) in [4.78, 5) is 19.3. The van der Waals surface area contributed by atoms with Crippen molar-refractivity contribution in [2.45, 2.75) is 13.5 Å². The number of nitrogens with one attached hydrogen (secondary N) is 1. The van der Waals surface area contributed by atoms with Gasteiger partial charge >= 0.3 is 0 Å². The average Bonchev–Trinajstić information content (AvgIpc) is 2.39. The second-order valence-electron chi connectivity index (χ2n) is 3.78. The maximum atomic E-state index is 11.3. The molecule has 0 spiro atoms. The molecule has 0 aliphatic rings. The Morgan fingerprint density at radius 2 is 2.22 bits per heavy atom. The van der Waals surface area contributed by atoms with Crippen molar-refractivity contribution in [2.75, 3.05) is 5.32 Å². The van der Waals surface area contributed by atoms with Crippen LogP contribution in [-0.2, 0) is 6.61 Å². The van der Waals surface area contributed by atoms with Gasteiger partial charge in [0.25, 0.3) is 0 Å². The Kier molecular flexibility index (Phi) is 3.64. The van der Waals surface area contributed by atoms with Crippen LogP contribution in [0.4, 0.5) is 11.5 Å². The predicted octanol–water partition coefficient (Wildman–Crippen LogP) is 1.92. The van der Waals surface area contributed by atoms with Crippen molar-refractivity contribution in [3.63, 3.8) is 0 Å². The van der Waals surface area contributed by atoms with E-state index in [0.717, 1.165) is 5.69 Å². The highest BCUT2D eigenvalue weighted by molar-refractivity contribution is 5.95. The summed E-state index contributed by atoms with van der Waals surface area (Å²) in [7, 11) is 0. The van der Waals surface area contributed by atoms with E-state index in [4.69, 9.17) is 5.11 Å². The number of aliphatic hydroxyl groups is 1. The zero-order chi connectivity index (χ0) is 13.0. The standard InChI is InChI=1S/C13H13N3O2/c1-9(18)10-3-2-4-11(7-10)15-12-5-6-14-13(8-17)16-12/h2-7,17H,8H2,1H3,(H,14,15,16). The lowest BCUT2D eigenvalue weighted by Gasteiger charge is -2.07. The second-order valence-corrected chi connectivity index (χ2v) is 3.78. The zero-order valence-electron chi connectivity index (χ0n) is 9.92. The molecular formula is C13H13N3O2. The molecule has 2 aromatic rings. The molecule has 5 heteroatoms. The van der Waals surface area contributed by atoms with Gasteiger partial charge in [-0.2, -0.15) is 0 Å². The number of carbonyl (C=O) groups excluding carboxylic acids is 1. The molecule has 0 fully saturated rings. The molecule has 18 heavy (non-hydrogen) atoms. The molecule has 0 aliphatic carbocycles. The van der Waals surface area contributed by atoms with Gasteiger partial charge in [0.2, 0.25) is 0 Å². The molecule has 0 aliphatic heterocycles. The van der Waals surface area contributed by atoms with Crippen LogP contribution in [0.3, 0.4) is 0 Å². The Labute approximate surface area is 105 Å². The van der Waals surface area contributed by atoms with Crippen molar-refractivity contribution in [2.24, 2.45) is 0 Å². The van der Waals surface area contributed by atoms with Gasteiger partial charge in [-0.1, -0.05) is 12.1 Å². The van der Waals surface area contributed by atoms with E-state index in [1.165, 1.54) is 6.92 Å². The van der Waals surface area contributed by atoms with Crippen molar-refractivity contribution in [1.82, 2.24) is 9.97 Å². The zero-order valence-corrected chi connectivity index (χ0v) is 9.92. The molecular weight excluding hydrogens is 230 g/mol. The molecule has 5 nitrogen and oxygen atoms in total. The van der Waals surface area contributed by atoms with Crippen LogP contribution in [0.15, 0.2) is 36.5 Å². The lowest BCUT2D eigenvalue weighted by Crippen LogP contribution is -2.00. The van der Waals surface area contributed by atoms with Crippen molar-refractivity contribution in [3.05, 3.63) is 47.9 Å². The first-order chi connectivity index (χ1) is 8.69. The Hall–Kier alpha value is -2.27. The van der Waals surface area contributed by atoms with Crippen LogP contribution in [0, 0.1) is 0 Å². The number of benzene rings is 1. The number of aliphatic hydroxyl groups excluding tert-OH is 1. The van der Waals surface area contributed by atoms with Crippen LogP contribution in [0.1, 0.15) is 23.1 Å². The van der Waals surface area contributed by atoms with Gasteiger partial charge in [0.15, 0.2) is 11.6 Å². The number of anilines is 2. The first-order valence-electron chi connectivity index (χ1n) is 5.50. The number of rotatable bonds is 4. The van der Waals surface area contributed by atoms with Crippen molar-refractivity contribution in [3.8, 4) is 0 Å². The van der Waals surface area contributed by atoms with Crippen LogP contribution >= 0.6 is 0 Å². The van der Waals surface area contributed by atoms with Gasteiger partial charge in [0, 0.05) is 17.4 Å². The van der Waals surface area contributed by atoms with E-state index in [1.807, 2.05) is 6.07 Å². The summed E-state index contributed by atoms with van der Waals surface area (Å²) >= 11 is 0. The number of carbonyl (C=O) groups is 1. The molecule has 0 saturated carbocycles. The third-order valence-corrected chi connectivity index (χ3v) is 2.39. The van der Waals surface area contributed by atoms with E-state index in [-0.39, 0.29) is 12.4 Å². The second kappa shape index (κ2) is 5.37. The summed E-state index contributed by atoms with van der Waals surface area (Å²) in [6.45, 7) is 1.32. The molecule has 1 aromatic heterocycles. The molecule has 0 radical (unpaired) electrons. The smallest absolute Gasteiger partial charge is 0.159 e. The van der Waals surface area contributed by atoms with Gasteiger partial charge in [-0.25, -0.2) is 9.97 Å². The van der Waals surface area contributed by atoms with E-state index >= 15 is 0 Å². The number of aromatic nitrogens is 2. The molecule has 1 heterocycles. The third kappa shape index (κ3) is 2.89. The Balaban J connectivity index is 2.22. The largest absolute Gasteiger partial charge is 0.388 e. The number of Topliss-reactive ketones (excluding diaryl/α,β-unsaturated/α-hetero) is 1. The SMILES string of the molecule is CC(=O)c1cccc(Nc2ccnc(CO)n2)c1. The fourth-order valence-electron chi connectivity index (χ4n) is 1.51. The summed E-state index contributed by atoms with van der Waals surface area (Å²) in [6.07, 6.45) is 1.57. The van der Waals surface area contributed by atoms with E-state index < -0.39 is 0 Å². The lowest BCUT2D eigenvalue weighted by molar-refractivity contribution is 0.101. The molecule has 2 N–H and O–H groups in total. The summed E-state index contributed by atoms with van der Waals surface area (Å²) in [5, 5.41) is 12.0. The molecule has 0 atom stereocenters. The molecule has 0 amide bonds. The van der Waals surface area contributed by atoms with Gasteiger partial charge in [0.05, 0.1) is 0 Å². The van der Waals surface area contributed by atoms with Gasteiger partial charge in [-0.05, 0) is 25.1 Å². The molecule has 0 unspecified atom stereocenters. The fourth-order valence-corrected chi connectivity index (χ4v) is 1.51. The lowest BCUT2D eigenvalue weighted by atomic mass is 10.1. The molecule has 0 saturated heterocycles. The fraction of sp³-hybridized carbons (Fsp3) is 0.154. The van der Waals surface area contributed by atoms with E-state index in [0.29, 0.717) is 17.2 Å². The first kappa shape index (κ1) is 12.2. The quantitative estimate of drug-likeness (QED) is 0.802. The minimum absolute atomic E-state index is 0.0115. The van der Waals surface area contributed by atoms with Crippen molar-refractivity contribution >= 4 is 17.3 Å². The highest BCUT2D eigenvalue weighted by Gasteiger charge is 2.02. The van der Waals surface area contributed by atoms with E-state index in [2.05, 4.69) is 15.3 Å². The predicted molar refractivity (Wildman–Crippen MR) is 67.7 cm³/mol. The van der Waals surface area contributed by atoms with Crippen LogP contribution < -0.4 is 5.32 Å². The summed E-state index contributed by atoms with van der Waals surface area (Å²) in [5.74, 6) is 0.940. The molecule has 1 aromatic carbocycles. The monoisotopic (exact) mass is 243 g/mol. The highest BCUT2D eigenvalue weighted by Crippen LogP contribution is 2.16. The van der Waals surface area contributed by atoms with Gasteiger partial charge in [-0.3, -0.25) is 4.79 Å². The third-order valence-electron chi connectivity index (χ3n) is 2.39. The first-order valence-corrected chi connectivity index (χ1v) is 5.50. The topological polar surface area (TPSA) is 75.1 Å². The summed E-state index contributed by atoms with van der Waals surface area (Å²) < 4.78 is 0. The average molecular weight is 243 g/mol. The molecule has 92 valence electrons. The Morgan fingerprint density at radius 3 is 2.94 bits per heavy atom. The summed E-state index contributed by atoms with van der Waals surface area (Å²) in [6, 6.07) is 8.84. The Morgan fingerprint density at radius 1 is 1.39 bits per heavy atom. The van der Waals surface area contributed by atoms with Gasteiger partial charge in [0.1, 0.15) is 12.4 Å². The number of nitrogens with zero attached hydrogens (tertiary/aromatic N) is 2. The van der Waals surface area contributed by atoms with Crippen LogP contribution in [-0.4, -0.2) is 20.9 Å². The van der Waals surface area contributed by atoms with Gasteiger partial charge in [-0.15, -0.1) is 0 Å². The summed E-state index contributed by atoms with van der Waals surface area (Å²) in [5.41, 5.74) is 1.40. The molecule has 0 bridgehead atoms. The number of hydrogen-bond acceptors (Lipinski definition) is 5. The van der Waals surface area contributed by atoms with Crippen LogP contribution in [0.5, 0.6) is 0 Å². The number of ketones is 1. The maximum Gasteiger partial charge on any atom is 0.159 e. The van der Waals surface area contributed by atoms with E-state index in [1.54, 1.807) is 30.5 Å². The van der Waals surface area contributed by atoms with E-state index in [9.17, 15) is 4.79 Å². The number of hydrogen-bond donors (Lipinski definition) is 2. The Bertz CT molecular complexity index is 570. The van der Waals surface area contributed by atoms with Crippen molar-refractivity contribution in [1.29, 1.82) is 0 Å². The van der Waals surface area contributed by atoms with Crippen LogP contribution in [0.2, 0.25) is 0 Å². The molecule has 2 rings (SSSR count). The minimum Gasteiger partial charge on any atom is -0.388 e. The van der Waals surface area contributed by atoms with Crippen molar-refractivity contribution < 1.29 is 9.90 Å². The highest BCUT2D eigenvalue weighted by atomic mass is 16.3. The van der Waals surface area contributed by atoms with Gasteiger partial charge < -0.3 is 10.4 Å². The normalized spacial score (nSPS) is 10.1.